The van der Waals surface area contributed by atoms with Crippen molar-refractivity contribution in [2.75, 3.05) is 38.1 Å². The van der Waals surface area contributed by atoms with Crippen LogP contribution in [0, 0.1) is 6.92 Å². The summed E-state index contributed by atoms with van der Waals surface area (Å²) >= 11 is 0. The first-order chi connectivity index (χ1) is 19.1. The predicted octanol–water partition coefficient (Wildman–Crippen LogP) is 4.83. The Morgan fingerprint density at radius 3 is 2.62 bits per heavy atom. The molecule has 1 amide bonds. The van der Waals surface area contributed by atoms with Crippen LogP contribution in [-0.2, 0) is 17.9 Å². The molecule has 2 aromatic carbocycles. The number of benzene rings is 2. The second kappa shape index (κ2) is 12.7. The van der Waals surface area contributed by atoms with Crippen LogP contribution in [0.25, 0.3) is 16.5 Å². The molecular weight excluding hydrogens is 523 g/mol. The first-order valence-electron chi connectivity index (χ1n) is 13.6. The Labute approximate surface area is 231 Å². The number of aromatic amines is 1. The number of anilines is 1. The lowest BCUT2D eigenvalue weighted by molar-refractivity contribution is -0.125. The van der Waals surface area contributed by atoms with Gasteiger partial charge in [-0.1, -0.05) is 44.5 Å². The van der Waals surface area contributed by atoms with Gasteiger partial charge >= 0.3 is 6.18 Å². The summed E-state index contributed by atoms with van der Waals surface area (Å²) < 4.78 is 46.0. The number of likely N-dealkylation sites (N-methyl/N-ethyl adjacent to an activating group) is 1. The van der Waals surface area contributed by atoms with Crippen LogP contribution >= 0.6 is 0 Å². The van der Waals surface area contributed by atoms with Crippen LogP contribution in [0.15, 0.2) is 41.2 Å². The molecule has 1 aromatic heterocycles. The number of carbonyl (C=O) groups excluding carboxylic acids is 1. The van der Waals surface area contributed by atoms with Crippen molar-refractivity contribution in [2.24, 2.45) is 0 Å². The Hall–Kier alpha value is -3.57. The third-order valence-electron chi connectivity index (χ3n) is 7.08. The summed E-state index contributed by atoms with van der Waals surface area (Å²) in [4.78, 5) is 29.0. The molecule has 0 saturated carbocycles. The number of rotatable bonds is 6. The first kappa shape index (κ1) is 29.4. The lowest BCUT2D eigenvalue weighted by Gasteiger charge is -2.23. The largest absolute Gasteiger partial charge is 0.492 e. The zero-order valence-corrected chi connectivity index (χ0v) is 23.1. The summed E-state index contributed by atoms with van der Waals surface area (Å²) in [5.74, 6) is 0.0935. The van der Waals surface area contributed by atoms with Gasteiger partial charge in [-0.05, 0) is 32.0 Å². The maximum Gasteiger partial charge on any atom is 0.401 e. The van der Waals surface area contributed by atoms with E-state index in [2.05, 4.69) is 20.6 Å². The van der Waals surface area contributed by atoms with Crippen molar-refractivity contribution in [1.82, 2.24) is 20.0 Å². The number of nitrogens with zero attached hydrogens (tertiary/aromatic N) is 2. The molecule has 2 heterocycles. The first-order valence-corrected chi connectivity index (χ1v) is 13.6. The third-order valence-corrected chi connectivity index (χ3v) is 7.08. The number of alkyl halides is 3. The van der Waals surface area contributed by atoms with Crippen molar-refractivity contribution in [1.29, 1.82) is 0 Å². The summed E-state index contributed by atoms with van der Waals surface area (Å²) in [7, 11) is 0. The Morgan fingerprint density at radius 1 is 1.10 bits per heavy atom. The summed E-state index contributed by atoms with van der Waals surface area (Å²) in [6.45, 7) is 7.21. The van der Waals surface area contributed by atoms with Crippen LogP contribution in [0.2, 0.25) is 0 Å². The van der Waals surface area contributed by atoms with Gasteiger partial charge < -0.3 is 15.4 Å². The van der Waals surface area contributed by atoms with E-state index in [0.717, 1.165) is 13.0 Å². The fourth-order valence-electron chi connectivity index (χ4n) is 4.88. The maximum atomic E-state index is 13.7. The Balaban J connectivity index is 1.78. The van der Waals surface area contributed by atoms with E-state index in [1.54, 1.807) is 35.9 Å². The topological polar surface area (TPSA) is 91.4 Å². The van der Waals surface area contributed by atoms with Gasteiger partial charge in [0.25, 0.3) is 11.5 Å². The zero-order valence-electron chi connectivity index (χ0n) is 23.1. The molecule has 0 saturated heterocycles. The SMILES string of the molecule is CCC/C=C1/C(=O)Nc2ccc(CNCC(F)(F)F)c(c2C)OCCN(CC)CCn2[nH]c3c1cccc3c2=O. The number of ether oxygens (including phenoxy) is 1. The van der Waals surface area contributed by atoms with Crippen molar-refractivity contribution in [3.8, 4) is 5.75 Å². The van der Waals surface area contributed by atoms with Crippen LogP contribution in [-0.4, -0.2) is 59.5 Å². The summed E-state index contributed by atoms with van der Waals surface area (Å²) in [5.41, 5.74) is 3.21. The molecule has 0 radical (unpaired) electrons. The number of para-hydroxylation sites is 1. The number of carbonyl (C=O) groups is 1. The Kier molecular flexibility index (Phi) is 9.36. The molecule has 216 valence electrons. The van der Waals surface area contributed by atoms with E-state index in [1.165, 1.54) is 0 Å². The molecule has 0 aliphatic carbocycles. The lowest BCUT2D eigenvalue weighted by Crippen LogP contribution is -2.33. The van der Waals surface area contributed by atoms with Crippen LogP contribution in [0.4, 0.5) is 18.9 Å². The number of H-pyrrole nitrogens is 1. The zero-order chi connectivity index (χ0) is 28.9. The van der Waals surface area contributed by atoms with Gasteiger partial charge in [-0.25, -0.2) is 0 Å². The molecule has 8 nitrogen and oxygen atoms in total. The molecule has 3 aromatic rings. The van der Waals surface area contributed by atoms with E-state index in [4.69, 9.17) is 4.74 Å². The molecule has 4 bridgehead atoms. The normalized spacial score (nSPS) is 16.4. The Bertz CT molecular complexity index is 1440. The van der Waals surface area contributed by atoms with Crippen LogP contribution < -0.4 is 20.9 Å². The molecule has 0 spiro atoms. The molecule has 0 fully saturated rings. The number of allylic oxidation sites excluding steroid dienone is 1. The molecule has 40 heavy (non-hydrogen) atoms. The van der Waals surface area contributed by atoms with E-state index in [1.807, 2.05) is 26.0 Å². The second-order valence-electron chi connectivity index (χ2n) is 9.89. The van der Waals surface area contributed by atoms with Crippen molar-refractivity contribution in [3.05, 3.63) is 63.5 Å². The van der Waals surface area contributed by atoms with Gasteiger partial charge in [0.2, 0.25) is 0 Å². The van der Waals surface area contributed by atoms with E-state index in [-0.39, 0.29) is 24.6 Å². The fourth-order valence-corrected chi connectivity index (χ4v) is 4.88. The molecular formula is C29H36F3N5O3. The highest BCUT2D eigenvalue weighted by molar-refractivity contribution is 6.27. The molecule has 11 heteroatoms. The standard InChI is InChI=1S/C29H36F3N5O3/c1-4-6-8-22-21-9-7-10-23-25(21)35-37(28(23)39)14-13-36(5-2)15-16-40-26-19(3)24(34-27(22)38)12-11-20(26)17-33-18-29(30,31)32/h7-12,33,35H,4-6,13-18H2,1-3H3,(H,34,38)/b22-8+. The predicted molar refractivity (Wildman–Crippen MR) is 151 cm³/mol. The molecule has 1 aliphatic rings. The number of nitrogens with one attached hydrogen (secondary N) is 3. The number of unbranched alkanes of at least 4 members (excludes halogenated alkanes) is 1. The van der Waals surface area contributed by atoms with E-state index in [0.29, 0.717) is 70.7 Å². The quantitative estimate of drug-likeness (QED) is 0.377. The number of hydrogen-bond donors (Lipinski definition) is 3. The number of aromatic nitrogens is 2. The van der Waals surface area contributed by atoms with Crippen molar-refractivity contribution in [2.45, 2.75) is 52.9 Å². The molecule has 4 rings (SSSR count). The number of amides is 1. The van der Waals surface area contributed by atoms with Gasteiger partial charge in [-0.15, -0.1) is 0 Å². The molecule has 0 unspecified atom stereocenters. The van der Waals surface area contributed by atoms with E-state index in [9.17, 15) is 22.8 Å². The minimum Gasteiger partial charge on any atom is -0.492 e. The van der Waals surface area contributed by atoms with Gasteiger partial charge in [-0.2, -0.15) is 13.2 Å². The van der Waals surface area contributed by atoms with E-state index < -0.39 is 12.7 Å². The minimum atomic E-state index is -4.33. The summed E-state index contributed by atoms with van der Waals surface area (Å²) in [6.07, 6.45) is -0.980. The van der Waals surface area contributed by atoms with Crippen LogP contribution in [0.1, 0.15) is 43.4 Å². The van der Waals surface area contributed by atoms with Gasteiger partial charge in [-0.3, -0.25) is 24.3 Å². The molecule has 0 atom stereocenters. The molecule has 3 N–H and O–H groups in total. The smallest absolute Gasteiger partial charge is 0.401 e. The van der Waals surface area contributed by atoms with Crippen molar-refractivity contribution >= 4 is 28.1 Å². The molecule has 1 aliphatic heterocycles. The lowest BCUT2D eigenvalue weighted by atomic mass is 10.00. The maximum absolute atomic E-state index is 13.7. The van der Waals surface area contributed by atoms with Crippen molar-refractivity contribution in [3.63, 3.8) is 0 Å². The number of halogens is 3. The third kappa shape index (κ3) is 6.76. The monoisotopic (exact) mass is 559 g/mol. The van der Waals surface area contributed by atoms with Gasteiger partial charge in [0.05, 0.1) is 24.0 Å². The summed E-state index contributed by atoms with van der Waals surface area (Å²) in [5, 5.41) is 9.16. The highest BCUT2D eigenvalue weighted by Gasteiger charge is 2.27. The van der Waals surface area contributed by atoms with Gasteiger partial charge in [0.15, 0.2) is 0 Å². The highest BCUT2D eigenvalue weighted by atomic mass is 19.4. The average Bonchev–Trinajstić information content (AvgIpc) is 3.23. The van der Waals surface area contributed by atoms with Crippen molar-refractivity contribution < 1.29 is 22.7 Å². The minimum absolute atomic E-state index is 0.0397. The highest BCUT2D eigenvalue weighted by Crippen LogP contribution is 2.32. The van der Waals surface area contributed by atoms with Gasteiger partial charge in [0.1, 0.15) is 12.4 Å². The van der Waals surface area contributed by atoms with Gasteiger partial charge in [0, 0.05) is 47.6 Å². The number of fused-ring (bicyclic) bond motifs is 3. The Morgan fingerprint density at radius 2 is 1.90 bits per heavy atom. The van der Waals surface area contributed by atoms with Crippen LogP contribution in [0.5, 0.6) is 5.75 Å². The second-order valence-corrected chi connectivity index (χ2v) is 9.89. The fraction of sp³-hybridized carbons (Fsp3) is 0.448. The summed E-state index contributed by atoms with van der Waals surface area (Å²) in [6, 6.07) is 8.71. The van der Waals surface area contributed by atoms with E-state index >= 15 is 0 Å². The van der Waals surface area contributed by atoms with Crippen LogP contribution in [0.3, 0.4) is 0 Å². The average molecular weight is 560 g/mol. The number of hydrogen-bond acceptors (Lipinski definition) is 5.